The Kier molecular flexibility index (Phi) is 6.84. The summed E-state index contributed by atoms with van der Waals surface area (Å²) in [4.78, 5) is 31.1. The van der Waals surface area contributed by atoms with Crippen LogP contribution in [0.1, 0.15) is 34.5 Å². The molecule has 5 aromatic rings. The Hall–Kier alpha value is -4.46. The van der Waals surface area contributed by atoms with Gasteiger partial charge >= 0.3 is 0 Å². The predicted molar refractivity (Wildman–Crippen MR) is 158 cm³/mol. The van der Waals surface area contributed by atoms with Crippen molar-refractivity contribution in [2.75, 3.05) is 31.1 Å². The summed E-state index contributed by atoms with van der Waals surface area (Å²) in [7, 11) is 0. The zero-order valence-corrected chi connectivity index (χ0v) is 23.3. The number of fused-ring (bicyclic) bond motifs is 3. The SMILES string of the molecule is Cc1ccc(Cn2c(=O)c3ccccc3n3c(CCC(=O)N4CCN(c5cc(C)ccc5C)CC4)nnc23)cc1. The second-order valence-corrected chi connectivity index (χ2v) is 10.8. The normalized spacial score (nSPS) is 13.9. The van der Waals surface area contributed by atoms with E-state index < -0.39 is 0 Å². The van der Waals surface area contributed by atoms with Crippen molar-refractivity contribution in [1.82, 2.24) is 24.1 Å². The molecule has 1 aliphatic heterocycles. The molecule has 1 aliphatic rings. The Labute approximate surface area is 233 Å². The van der Waals surface area contributed by atoms with E-state index in [1.807, 2.05) is 64.8 Å². The lowest BCUT2D eigenvalue weighted by Gasteiger charge is -2.37. The van der Waals surface area contributed by atoms with Crippen LogP contribution in [0.4, 0.5) is 5.69 Å². The molecule has 0 saturated carbocycles. The highest BCUT2D eigenvalue weighted by Gasteiger charge is 2.23. The van der Waals surface area contributed by atoms with Crippen LogP contribution in [0.15, 0.2) is 71.5 Å². The number of carbonyl (C=O) groups is 1. The lowest BCUT2D eigenvalue weighted by atomic mass is 10.1. The number of rotatable bonds is 6. The minimum atomic E-state index is -0.0968. The Balaban J connectivity index is 1.22. The molecule has 0 bridgehead atoms. The minimum Gasteiger partial charge on any atom is -0.368 e. The molecule has 2 aromatic heterocycles. The average molecular weight is 535 g/mol. The molecule has 1 fully saturated rings. The van der Waals surface area contributed by atoms with Gasteiger partial charge in [-0.05, 0) is 55.7 Å². The first-order valence-electron chi connectivity index (χ1n) is 13.9. The fourth-order valence-corrected chi connectivity index (χ4v) is 5.63. The number of aromatic nitrogens is 4. The monoisotopic (exact) mass is 534 g/mol. The number of para-hydroxylation sites is 1. The van der Waals surface area contributed by atoms with Gasteiger partial charge in [-0.2, -0.15) is 0 Å². The Morgan fingerprint density at radius 1 is 0.850 bits per heavy atom. The second kappa shape index (κ2) is 10.6. The van der Waals surface area contributed by atoms with Gasteiger partial charge in [-0.1, -0.05) is 54.1 Å². The lowest BCUT2D eigenvalue weighted by Crippen LogP contribution is -2.49. The average Bonchev–Trinajstić information content (AvgIpc) is 3.40. The van der Waals surface area contributed by atoms with Crippen LogP contribution in [0.2, 0.25) is 0 Å². The number of amides is 1. The minimum absolute atomic E-state index is 0.0968. The molecule has 0 unspecified atom stereocenters. The highest BCUT2D eigenvalue weighted by molar-refractivity contribution is 5.81. The molecule has 0 spiro atoms. The maximum atomic E-state index is 13.5. The third-order valence-corrected chi connectivity index (χ3v) is 7.94. The van der Waals surface area contributed by atoms with Crippen molar-refractivity contribution >= 4 is 28.3 Å². The van der Waals surface area contributed by atoms with Gasteiger partial charge in [0.05, 0.1) is 17.4 Å². The predicted octanol–water partition coefficient (Wildman–Crippen LogP) is 4.30. The summed E-state index contributed by atoms with van der Waals surface area (Å²) in [6.45, 7) is 9.73. The molecule has 3 heterocycles. The maximum Gasteiger partial charge on any atom is 0.263 e. The number of piperazine rings is 1. The largest absolute Gasteiger partial charge is 0.368 e. The van der Waals surface area contributed by atoms with E-state index in [-0.39, 0.29) is 11.5 Å². The number of hydrogen-bond donors (Lipinski definition) is 0. The number of aryl methyl sites for hydroxylation is 4. The van der Waals surface area contributed by atoms with Crippen molar-refractivity contribution in [2.45, 2.75) is 40.2 Å². The third kappa shape index (κ3) is 4.85. The molecule has 0 N–H and O–H groups in total. The first kappa shape index (κ1) is 25.8. The van der Waals surface area contributed by atoms with E-state index >= 15 is 0 Å². The van der Waals surface area contributed by atoms with E-state index in [1.165, 1.54) is 22.4 Å². The van der Waals surface area contributed by atoms with Crippen molar-refractivity contribution in [3.8, 4) is 0 Å². The van der Waals surface area contributed by atoms with Crippen LogP contribution in [0, 0.1) is 20.8 Å². The summed E-state index contributed by atoms with van der Waals surface area (Å²) < 4.78 is 3.62. The van der Waals surface area contributed by atoms with E-state index in [4.69, 9.17) is 0 Å². The number of nitrogens with zero attached hydrogens (tertiary/aromatic N) is 6. The molecule has 0 atom stereocenters. The van der Waals surface area contributed by atoms with Crippen LogP contribution in [0.5, 0.6) is 0 Å². The van der Waals surface area contributed by atoms with Gasteiger partial charge in [0.1, 0.15) is 5.82 Å². The molecule has 8 heteroatoms. The van der Waals surface area contributed by atoms with Crippen molar-refractivity contribution < 1.29 is 4.79 Å². The molecule has 1 amide bonds. The van der Waals surface area contributed by atoms with Gasteiger partial charge in [0, 0.05) is 44.7 Å². The Morgan fingerprint density at radius 2 is 1.57 bits per heavy atom. The smallest absolute Gasteiger partial charge is 0.263 e. The molecule has 204 valence electrons. The quantitative estimate of drug-likeness (QED) is 0.325. The standard InChI is InChI=1S/C32H34N6O2/c1-22-9-12-25(13-10-22)21-37-31(40)26-6-4-5-7-27(26)38-29(33-34-32(37)38)14-15-30(39)36-18-16-35(17-19-36)28-20-23(2)8-11-24(28)3/h4-13,20H,14-19,21H2,1-3H3. The van der Waals surface area contributed by atoms with Crippen LogP contribution in [0.25, 0.3) is 16.7 Å². The van der Waals surface area contributed by atoms with E-state index in [1.54, 1.807) is 4.57 Å². The second-order valence-electron chi connectivity index (χ2n) is 10.8. The van der Waals surface area contributed by atoms with E-state index in [2.05, 4.69) is 47.1 Å². The highest BCUT2D eigenvalue weighted by Crippen LogP contribution is 2.23. The highest BCUT2D eigenvalue weighted by atomic mass is 16.2. The molecule has 0 aliphatic carbocycles. The van der Waals surface area contributed by atoms with Gasteiger partial charge in [-0.25, -0.2) is 0 Å². The number of hydrogen-bond acceptors (Lipinski definition) is 5. The summed E-state index contributed by atoms with van der Waals surface area (Å²) >= 11 is 0. The van der Waals surface area contributed by atoms with Gasteiger partial charge in [-0.15, -0.1) is 10.2 Å². The van der Waals surface area contributed by atoms with Crippen LogP contribution in [-0.2, 0) is 17.8 Å². The summed E-state index contributed by atoms with van der Waals surface area (Å²) in [5.41, 5.74) is 6.61. The van der Waals surface area contributed by atoms with Gasteiger partial charge in [-0.3, -0.25) is 18.6 Å². The van der Waals surface area contributed by atoms with E-state index in [0.717, 1.165) is 24.2 Å². The fourth-order valence-electron chi connectivity index (χ4n) is 5.63. The molecule has 8 nitrogen and oxygen atoms in total. The topological polar surface area (TPSA) is 75.7 Å². The van der Waals surface area contributed by atoms with Crippen molar-refractivity contribution in [2.24, 2.45) is 0 Å². The van der Waals surface area contributed by atoms with E-state index in [9.17, 15) is 9.59 Å². The molecule has 1 saturated heterocycles. The van der Waals surface area contributed by atoms with Gasteiger partial charge in [0.15, 0.2) is 0 Å². The number of carbonyl (C=O) groups excluding carboxylic acids is 1. The maximum absolute atomic E-state index is 13.5. The molecular formula is C32H34N6O2. The van der Waals surface area contributed by atoms with Crippen LogP contribution < -0.4 is 10.5 Å². The molecule has 3 aromatic carbocycles. The number of anilines is 1. The summed E-state index contributed by atoms with van der Waals surface area (Å²) in [6.07, 6.45) is 0.791. The van der Waals surface area contributed by atoms with Gasteiger partial charge in [0.2, 0.25) is 11.7 Å². The molecule has 0 radical (unpaired) electrons. The zero-order valence-electron chi connectivity index (χ0n) is 23.3. The number of benzene rings is 3. The van der Waals surface area contributed by atoms with E-state index in [0.29, 0.717) is 49.5 Å². The van der Waals surface area contributed by atoms with Gasteiger partial charge < -0.3 is 9.80 Å². The van der Waals surface area contributed by atoms with Crippen molar-refractivity contribution in [1.29, 1.82) is 0 Å². The summed E-state index contributed by atoms with van der Waals surface area (Å²) in [6, 6.07) is 22.2. The molecule has 40 heavy (non-hydrogen) atoms. The Bertz CT molecular complexity index is 1760. The Morgan fingerprint density at radius 3 is 2.35 bits per heavy atom. The summed E-state index contributed by atoms with van der Waals surface area (Å²) in [5, 5.41) is 9.51. The first-order chi connectivity index (χ1) is 19.4. The zero-order chi connectivity index (χ0) is 27.8. The summed E-state index contributed by atoms with van der Waals surface area (Å²) in [5.74, 6) is 1.30. The van der Waals surface area contributed by atoms with Gasteiger partial charge in [0.25, 0.3) is 5.56 Å². The fraction of sp³-hybridized carbons (Fsp3) is 0.312. The molecule has 6 rings (SSSR count). The van der Waals surface area contributed by atoms with Crippen LogP contribution in [0.3, 0.4) is 0 Å². The van der Waals surface area contributed by atoms with Crippen molar-refractivity contribution in [3.05, 3.63) is 105 Å². The van der Waals surface area contributed by atoms with Crippen molar-refractivity contribution in [3.63, 3.8) is 0 Å². The third-order valence-electron chi connectivity index (χ3n) is 7.94. The lowest BCUT2D eigenvalue weighted by molar-refractivity contribution is -0.131. The first-order valence-corrected chi connectivity index (χ1v) is 13.9. The molecular weight excluding hydrogens is 500 g/mol. The van der Waals surface area contributed by atoms with Crippen LogP contribution in [-0.4, -0.2) is 56.2 Å². The van der Waals surface area contributed by atoms with Crippen LogP contribution >= 0.6 is 0 Å².